The predicted molar refractivity (Wildman–Crippen MR) is 125 cm³/mol. The second-order valence-corrected chi connectivity index (χ2v) is 8.91. The Kier molecular flexibility index (Phi) is 7.47. The molecule has 1 aliphatic heterocycles. The number of amides is 2. The van der Waals surface area contributed by atoms with Gasteiger partial charge in [0.25, 0.3) is 0 Å². The number of hydrogen-bond donors (Lipinski definition) is 3. The van der Waals surface area contributed by atoms with Gasteiger partial charge in [0, 0.05) is 32.0 Å². The first-order chi connectivity index (χ1) is 16.5. The lowest BCUT2D eigenvalue weighted by Crippen LogP contribution is -2.48. The van der Waals surface area contributed by atoms with Crippen molar-refractivity contribution in [2.24, 2.45) is 5.92 Å². The van der Waals surface area contributed by atoms with Crippen molar-refractivity contribution in [2.75, 3.05) is 26.3 Å². The van der Waals surface area contributed by atoms with Gasteiger partial charge in [-0.05, 0) is 47.4 Å². The highest BCUT2D eigenvalue weighted by molar-refractivity contribution is 5.86. The highest BCUT2D eigenvalue weighted by Crippen LogP contribution is 2.44. The molecule has 2 aromatic rings. The third kappa shape index (κ3) is 5.22. The Balaban J connectivity index is 1.40. The van der Waals surface area contributed by atoms with Gasteiger partial charge < -0.3 is 25.2 Å². The monoisotopic (exact) mass is 466 g/mol. The van der Waals surface area contributed by atoms with Gasteiger partial charge in [-0.15, -0.1) is 0 Å². The minimum atomic E-state index is -1.04. The number of carbonyl (C=O) groups is 3. The summed E-state index contributed by atoms with van der Waals surface area (Å²) in [6, 6.07) is 15.1. The second kappa shape index (κ2) is 10.7. The standard InChI is InChI=1S/C26H30N2O6/c29-14-12-17-11-13-28(15-17)25(32)23(9-10-24(30)31)27-26(33)34-16-22-20-7-3-1-5-18(20)19-6-2-4-8-21(19)22/h1-8,17,22-23,29H,9-16H2,(H,27,33)(H,30,31). The zero-order valence-electron chi connectivity index (χ0n) is 19.0. The summed E-state index contributed by atoms with van der Waals surface area (Å²) in [4.78, 5) is 38.5. The summed E-state index contributed by atoms with van der Waals surface area (Å²) in [5.41, 5.74) is 4.41. The molecule has 1 fully saturated rings. The highest BCUT2D eigenvalue weighted by atomic mass is 16.5. The van der Waals surface area contributed by atoms with Crippen molar-refractivity contribution >= 4 is 18.0 Å². The van der Waals surface area contributed by atoms with Gasteiger partial charge in [0.1, 0.15) is 12.6 Å². The van der Waals surface area contributed by atoms with E-state index in [-0.39, 0.29) is 43.8 Å². The van der Waals surface area contributed by atoms with Gasteiger partial charge in [0.15, 0.2) is 0 Å². The molecule has 1 heterocycles. The van der Waals surface area contributed by atoms with Gasteiger partial charge in [-0.1, -0.05) is 48.5 Å². The van der Waals surface area contributed by atoms with Gasteiger partial charge in [-0.25, -0.2) is 4.79 Å². The number of rotatable bonds is 9. The molecule has 1 aliphatic carbocycles. The van der Waals surface area contributed by atoms with Crippen LogP contribution in [0.25, 0.3) is 11.1 Å². The van der Waals surface area contributed by atoms with Crippen LogP contribution >= 0.6 is 0 Å². The SMILES string of the molecule is O=C(O)CCC(NC(=O)OCC1c2ccccc2-c2ccccc21)C(=O)N1CCC(CCO)C1. The zero-order chi connectivity index (χ0) is 24.1. The van der Waals surface area contributed by atoms with Crippen LogP contribution in [0.2, 0.25) is 0 Å². The van der Waals surface area contributed by atoms with E-state index in [2.05, 4.69) is 17.4 Å². The molecular weight excluding hydrogens is 436 g/mol. The number of carboxylic acids is 1. The average Bonchev–Trinajstić information content (AvgIpc) is 3.43. The van der Waals surface area contributed by atoms with Crippen LogP contribution in [0.3, 0.4) is 0 Å². The van der Waals surface area contributed by atoms with Crippen molar-refractivity contribution in [1.29, 1.82) is 0 Å². The molecule has 34 heavy (non-hydrogen) atoms. The number of carboxylic acid groups (broad SMARTS) is 1. The summed E-state index contributed by atoms with van der Waals surface area (Å²) >= 11 is 0. The topological polar surface area (TPSA) is 116 Å². The molecule has 0 aromatic heterocycles. The van der Waals surface area contributed by atoms with E-state index in [1.165, 1.54) is 0 Å². The van der Waals surface area contributed by atoms with Crippen molar-refractivity contribution in [3.63, 3.8) is 0 Å². The molecule has 2 aromatic carbocycles. The van der Waals surface area contributed by atoms with Crippen molar-refractivity contribution in [1.82, 2.24) is 10.2 Å². The lowest BCUT2D eigenvalue weighted by Gasteiger charge is -2.24. The van der Waals surface area contributed by atoms with Crippen molar-refractivity contribution in [3.05, 3.63) is 59.7 Å². The number of fused-ring (bicyclic) bond motifs is 3. The largest absolute Gasteiger partial charge is 0.481 e. The Morgan fingerprint density at radius 3 is 2.32 bits per heavy atom. The summed E-state index contributed by atoms with van der Waals surface area (Å²) < 4.78 is 5.55. The van der Waals surface area contributed by atoms with Crippen LogP contribution < -0.4 is 5.32 Å². The third-order valence-electron chi connectivity index (χ3n) is 6.72. The molecule has 1 saturated heterocycles. The molecule has 180 valence electrons. The first-order valence-corrected chi connectivity index (χ1v) is 11.7. The fraction of sp³-hybridized carbons (Fsp3) is 0.423. The summed E-state index contributed by atoms with van der Waals surface area (Å²) in [5, 5.41) is 20.8. The molecular formula is C26H30N2O6. The Morgan fingerprint density at radius 1 is 1.06 bits per heavy atom. The van der Waals surface area contributed by atoms with Crippen molar-refractivity contribution in [2.45, 2.75) is 37.6 Å². The number of alkyl carbamates (subject to hydrolysis) is 1. The molecule has 2 amide bonds. The number of aliphatic carboxylic acids is 1. The molecule has 2 aliphatic rings. The normalized spacial score (nSPS) is 17.7. The summed E-state index contributed by atoms with van der Waals surface area (Å²) in [6.45, 7) is 1.20. The third-order valence-corrected chi connectivity index (χ3v) is 6.72. The Morgan fingerprint density at radius 2 is 1.71 bits per heavy atom. The van der Waals surface area contributed by atoms with E-state index < -0.39 is 18.1 Å². The van der Waals surface area contributed by atoms with E-state index in [9.17, 15) is 14.4 Å². The van der Waals surface area contributed by atoms with Crippen LogP contribution in [0.4, 0.5) is 4.79 Å². The minimum Gasteiger partial charge on any atom is -0.481 e. The maximum atomic E-state index is 13.0. The van der Waals surface area contributed by atoms with Crippen LogP contribution in [0.1, 0.15) is 42.7 Å². The van der Waals surface area contributed by atoms with E-state index in [0.29, 0.717) is 19.5 Å². The van der Waals surface area contributed by atoms with Gasteiger partial charge >= 0.3 is 12.1 Å². The molecule has 0 radical (unpaired) electrons. The predicted octanol–water partition coefficient (Wildman–Crippen LogP) is 2.99. The molecule has 2 atom stereocenters. The molecule has 0 bridgehead atoms. The number of benzene rings is 2. The first-order valence-electron chi connectivity index (χ1n) is 11.7. The van der Waals surface area contributed by atoms with Crippen molar-refractivity contribution < 1.29 is 29.3 Å². The van der Waals surface area contributed by atoms with E-state index in [1.54, 1.807) is 4.90 Å². The molecule has 0 saturated carbocycles. The number of likely N-dealkylation sites (tertiary alicyclic amines) is 1. The molecule has 0 spiro atoms. The molecule has 4 rings (SSSR count). The smallest absolute Gasteiger partial charge is 0.407 e. The summed E-state index contributed by atoms with van der Waals surface area (Å²) in [6.07, 6.45) is 0.400. The van der Waals surface area contributed by atoms with Crippen LogP contribution in [0.5, 0.6) is 0 Å². The maximum absolute atomic E-state index is 13.0. The van der Waals surface area contributed by atoms with Crippen LogP contribution in [-0.4, -0.2) is 65.4 Å². The Hall–Kier alpha value is -3.39. The van der Waals surface area contributed by atoms with Crippen LogP contribution in [0, 0.1) is 5.92 Å². The summed E-state index contributed by atoms with van der Waals surface area (Å²) in [5.74, 6) is -1.24. The number of ether oxygens (including phenoxy) is 1. The first kappa shape index (κ1) is 23.8. The van der Waals surface area contributed by atoms with E-state index in [1.807, 2.05) is 36.4 Å². The number of nitrogens with one attached hydrogen (secondary N) is 1. The van der Waals surface area contributed by atoms with Crippen LogP contribution in [-0.2, 0) is 14.3 Å². The summed E-state index contributed by atoms with van der Waals surface area (Å²) in [7, 11) is 0. The highest BCUT2D eigenvalue weighted by Gasteiger charge is 2.33. The molecule has 2 unspecified atom stereocenters. The molecule has 3 N–H and O–H groups in total. The zero-order valence-corrected chi connectivity index (χ0v) is 19.0. The molecule has 8 nitrogen and oxygen atoms in total. The fourth-order valence-corrected chi connectivity index (χ4v) is 4.98. The number of aliphatic hydroxyl groups is 1. The number of hydrogen-bond acceptors (Lipinski definition) is 5. The fourth-order valence-electron chi connectivity index (χ4n) is 4.98. The van der Waals surface area contributed by atoms with Crippen LogP contribution in [0.15, 0.2) is 48.5 Å². The Labute approximate surface area is 198 Å². The maximum Gasteiger partial charge on any atom is 0.407 e. The lowest BCUT2D eigenvalue weighted by molar-refractivity contribution is -0.137. The van der Waals surface area contributed by atoms with E-state index in [0.717, 1.165) is 28.7 Å². The van der Waals surface area contributed by atoms with Crippen molar-refractivity contribution in [3.8, 4) is 11.1 Å². The number of aliphatic hydroxyl groups excluding tert-OH is 1. The number of nitrogens with zero attached hydrogens (tertiary/aromatic N) is 1. The van der Waals surface area contributed by atoms with E-state index in [4.69, 9.17) is 14.9 Å². The quantitative estimate of drug-likeness (QED) is 0.523. The van der Waals surface area contributed by atoms with Gasteiger partial charge in [-0.3, -0.25) is 9.59 Å². The van der Waals surface area contributed by atoms with Gasteiger partial charge in [0.05, 0.1) is 0 Å². The Bertz CT molecular complexity index is 1010. The van der Waals surface area contributed by atoms with E-state index >= 15 is 0 Å². The number of carbonyl (C=O) groups excluding carboxylic acids is 2. The van der Waals surface area contributed by atoms with Gasteiger partial charge in [0.2, 0.25) is 5.91 Å². The average molecular weight is 467 g/mol. The second-order valence-electron chi connectivity index (χ2n) is 8.91. The lowest BCUT2D eigenvalue weighted by atomic mass is 9.98. The molecule has 8 heteroatoms. The van der Waals surface area contributed by atoms with Gasteiger partial charge in [-0.2, -0.15) is 0 Å². The minimum absolute atomic E-state index is 0.0144.